The highest BCUT2D eigenvalue weighted by Crippen LogP contribution is 2.25. The first kappa shape index (κ1) is 31.8. The van der Waals surface area contributed by atoms with Crippen LogP contribution in [0.25, 0.3) is 11.0 Å². The zero-order valence-electron chi connectivity index (χ0n) is 23.8. The molecular formula is C30H36BrN3O7. The third-order valence-corrected chi connectivity index (χ3v) is 7.40. The summed E-state index contributed by atoms with van der Waals surface area (Å²) in [6, 6.07) is 11.9. The Hall–Kier alpha value is -3.70. The van der Waals surface area contributed by atoms with Gasteiger partial charge >= 0.3 is 11.9 Å². The van der Waals surface area contributed by atoms with Crippen molar-refractivity contribution in [2.45, 2.75) is 59.2 Å². The maximum Gasteiger partial charge on any atom is 0.328 e. The number of hydrogen-bond acceptors (Lipinski definition) is 8. The van der Waals surface area contributed by atoms with Crippen molar-refractivity contribution in [2.75, 3.05) is 7.11 Å². The predicted molar refractivity (Wildman–Crippen MR) is 158 cm³/mol. The zero-order chi connectivity index (χ0) is 30.1. The third-order valence-electron chi connectivity index (χ3n) is 6.63. The lowest BCUT2D eigenvalue weighted by Gasteiger charge is -2.26. The van der Waals surface area contributed by atoms with Gasteiger partial charge in [-0.3, -0.25) is 19.8 Å². The molecule has 0 fully saturated rings. The summed E-state index contributed by atoms with van der Waals surface area (Å²) >= 11 is 3.48. The van der Waals surface area contributed by atoms with E-state index in [-0.39, 0.29) is 35.2 Å². The molecule has 3 atom stereocenters. The molecule has 10 nitrogen and oxygen atoms in total. The fourth-order valence-corrected chi connectivity index (χ4v) is 4.58. The van der Waals surface area contributed by atoms with Crippen LogP contribution in [0, 0.1) is 11.8 Å². The number of rotatable bonds is 13. The number of nitrogens with one attached hydrogen (secondary N) is 3. The van der Waals surface area contributed by atoms with Crippen LogP contribution in [-0.4, -0.2) is 37.0 Å². The van der Waals surface area contributed by atoms with E-state index in [1.807, 2.05) is 52.0 Å². The van der Waals surface area contributed by atoms with Crippen molar-refractivity contribution >= 4 is 44.7 Å². The van der Waals surface area contributed by atoms with Gasteiger partial charge in [0.1, 0.15) is 35.4 Å². The number of carbonyl (C=O) groups excluding carboxylic acids is 3. The minimum Gasteiger partial charge on any atom is -0.488 e. The van der Waals surface area contributed by atoms with Crippen LogP contribution in [-0.2, 0) is 20.9 Å². The first-order chi connectivity index (χ1) is 19.5. The quantitative estimate of drug-likeness (QED) is 0.186. The van der Waals surface area contributed by atoms with E-state index < -0.39 is 35.3 Å². The highest BCUT2D eigenvalue weighted by molar-refractivity contribution is 9.10. The largest absolute Gasteiger partial charge is 0.488 e. The Morgan fingerprint density at radius 2 is 1.78 bits per heavy atom. The normalized spacial score (nSPS) is 13.3. The van der Waals surface area contributed by atoms with E-state index in [0.717, 1.165) is 16.1 Å². The van der Waals surface area contributed by atoms with Crippen LogP contribution >= 0.6 is 15.9 Å². The molecule has 11 heteroatoms. The summed E-state index contributed by atoms with van der Waals surface area (Å²) in [5.41, 5.74) is 5.85. The standard InChI is InChI=1S/C30H36BrN3O7/c1-6-18(4)27(29(37)32-21(14-17(2)3)30(38)39-5)33-34-28(36)25-15-22(35)26-23(12-9-13-24(26)41-25)40-16-19-10-7-8-11-20(19)31/h7-13,15,17-18,21,27,33H,6,14,16H2,1-5H3,(H,32,37)(H,34,36)/t18-,21+,27+/m1/s1. The monoisotopic (exact) mass is 629 g/mol. The van der Waals surface area contributed by atoms with E-state index in [2.05, 4.69) is 32.1 Å². The third kappa shape index (κ3) is 8.40. The highest BCUT2D eigenvalue weighted by atomic mass is 79.9. The molecule has 3 N–H and O–H groups in total. The van der Waals surface area contributed by atoms with Crippen molar-refractivity contribution in [1.82, 2.24) is 16.2 Å². The van der Waals surface area contributed by atoms with Gasteiger partial charge in [-0.15, -0.1) is 0 Å². The molecule has 2 amide bonds. The molecule has 3 aromatic rings. The lowest BCUT2D eigenvalue weighted by Crippen LogP contribution is -2.57. The van der Waals surface area contributed by atoms with Crippen LogP contribution in [0.4, 0.5) is 0 Å². The van der Waals surface area contributed by atoms with E-state index in [1.165, 1.54) is 7.11 Å². The number of esters is 1. The van der Waals surface area contributed by atoms with Crippen LogP contribution < -0.4 is 26.3 Å². The second kappa shape index (κ2) is 14.8. The lowest BCUT2D eigenvalue weighted by molar-refractivity contribution is -0.146. The van der Waals surface area contributed by atoms with Crippen molar-refractivity contribution < 1.29 is 28.3 Å². The SMILES string of the molecule is CC[C@@H](C)[C@H](NNC(=O)c1cc(=O)c2c(OCc3ccccc3Br)cccc2o1)C(=O)N[C@@H](CC(C)C)C(=O)OC. The smallest absolute Gasteiger partial charge is 0.328 e. The number of fused-ring (bicyclic) bond motifs is 1. The second-order valence-electron chi connectivity index (χ2n) is 10.2. The van der Waals surface area contributed by atoms with E-state index >= 15 is 0 Å². The van der Waals surface area contributed by atoms with Gasteiger partial charge in [0.2, 0.25) is 5.91 Å². The summed E-state index contributed by atoms with van der Waals surface area (Å²) in [6.45, 7) is 7.83. The number of methoxy groups -OCH3 is 1. The van der Waals surface area contributed by atoms with Gasteiger partial charge in [-0.05, 0) is 36.5 Å². The molecule has 0 bridgehead atoms. The summed E-state index contributed by atoms with van der Waals surface area (Å²) in [5, 5.41) is 2.94. The summed E-state index contributed by atoms with van der Waals surface area (Å²) in [4.78, 5) is 51.4. The van der Waals surface area contributed by atoms with Crippen LogP contribution in [0.2, 0.25) is 0 Å². The molecule has 0 aliphatic heterocycles. The number of benzene rings is 2. The number of halogens is 1. The Balaban J connectivity index is 1.76. The molecule has 0 unspecified atom stereocenters. The van der Waals surface area contributed by atoms with E-state index in [4.69, 9.17) is 13.9 Å². The molecule has 0 aliphatic rings. The first-order valence-electron chi connectivity index (χ1n) is 13.4. The summed E-state index contributed by atoms with van der Waals surface area (Å²) < 4.78 is 17.4. The average Bonchev–Trinajstić information content (AvgIpc) is 2.95. The zero-order valence-corrected chi connectivity index (χ0v) is 25.4. The Morgan fingerprint density at radius 1 is 1.05 bits per heavy atom. The van der Waals surface area contributed by atoms with Crippen LogP contribution in [0.5, 0.6) is 5.75 Å². The molecule has 1 aromatic heterocycles. The molecule has 0 aliphatic carbocycles. The molecule has 0 saturated carbocycles. The Bertz CT molecular complexity index is 1440. The molecule has 0 spiro atoms. The van der Waals surface area contributed by atoms with E-state index in [0.29, 0.717) is 18.6 Å². The van der Waals surface area contributed by atoms with Crippen molar-refractivity contribution in [3.05, 3.63) is 74.6 Å². The minimum absolute atomic E-state index is 0.135. The van der Waals surface area contributed by atoms with E-state index in [9.17, 15) is 19.2 Å². The molecule has 0 saturated heterocycles. The van der Waals surface area contributed by atoms with Crippen molar-refractivity contribution in [3.8, 4) is 5.75 Å². The average molecular weight is 631 g/mol. The molecule has 1 heterocycles. The summed E-state index contributed by atoms with van der Waals surface area (Å²) in [7, 11) is 1.27. The van der Waals surface area contributed by atoms with Gasteiger partial charge in [0.25, 0.3) is 0 Å². The Kier molecular flexibility index (Phi) is 11.5. The summed E-state index contributed by atoms with van der Waals surface area (Å²) in [6.07, 6.45) is 1.01. The van der Waals surface area contributed by atoms with Gasteiger partial charge in [-0.2, -0.15) is 0 Å². The van der Waals surface area contributed by atoms with Gasteiger partial charge in [0, 0.05) is 16.1 Å². The van der Waals surface area contributed by atoms with Crippen molar-refractivity contribution in [3.63, 3.8) is 0 Å². The van der Waals surface area contributed by atoms with Gasteiger partial charge in [-0.25, -0.2) is 10.2 Å². The molecule has 3 rings (SSSR count). The maximum atomic E-state index is 13.1. The Morgan fingerprint density at radius 3 is 2.44 bits per heavy atom. The van der Waals surface area contributed by atoms with Gasteiger partial charge in [0.05, 0.1) is 7.11 Å². The second-order valence-corrected chi connectivity index (χ2v) is 11.0. The van der Waals surface area contributed by atoms with Gasteiger partial charge < -0.3 is 19.2 Å². The topological polar surface area (TPSA) is 136 Å². The predicted octanol–water partition coefficient (Wildman–Crippen LogP) is 4.49. The van der Waals surface area contributed by atoms with Crippen LogP contribution in [0.1, 0.15) is 56.7 Å². The fraction of sp³-hybridized carbons (Fsp3) is 0.400. The number of hydrazine groups is 1. The van der Waals surface area contributed by atoms with Gasteiger partial charge in [-0.1, -0.05) is 74.3 Å². The van der Waals surface area contributed by atoms with Crippen LogP contribution in [0.3, 0.4) is 0 Å². The molecule has 2 aromatic carbocycles. The molecule has 220 valence electrons. The fourth-order valence-electron chi connectivity index (χ4n) is 4.18. The van der Waals surface area contributed by atoms with Crippen molar-refractivity contribution in [2.24, 2.45) is 11.8 Å². The first-order valence-corrected chi connectivity index (χ1v) is 14.2. The maximum absolute atomic E-state index is 13.1. The molecule has 0 radical (unpaired) electrons. The number of hydrogen-bond donors (Lipinski definition) is 3. The van der Waals surface area contributed by atoms with Crippen molar-refractivity contribution in [1.29, 1.82) is 0 Å². The van der Waals surface area contributed by atoms with Gasteiger partial charge in [0.15, 0.2) is 11.2 Å². The minimum atomic E-state index is -0.868. The van der Waals surface area contributed by atoms with E-state index in [1.54, 1.807) is 18.2 Å². The molecule has 41 heavy (non-hydrogen) atoms. The lowest BCUT2D eigenvalue weighted by atomic mass is 9.97. The number of carbonyl (C=O) groups is 3. The Labute approximate surface area is 247 Å². The van der Waals surface area contributed by atoms with Crippen LogP contribution in [0.15, 0.2) is 62.2 Å². The number of ether oxygens (including phenoxy) is 2. The number of amides is 2. The summed E-state index contributed by atoms with van der Waals surface area (Å²) in [5.74, 6) is -1.74. The molecular weight excluding hydrogens is 594 g/mol. The highest BCUT2D eigenvalue weighted by Gasteiger charge is 2.30.